The fourth-order valence-electron chi connectivity index (χ4n) is 3.53. The first-order valence-corrected chi connectivity index (χ1v) is 11.2. The lowest BCUT2D eigenvalue weighted by Crippen LogP contribution is -2.37. The first-order valence-electron chi connectivity index (χ1n) is 9.32. The molecule has 1 amide bonds. The molecule has 0 bridgehead atoms. The van der Waals surface area contributed by atoms with E-state index in [0.29, 0.717) is 53.8 Å². The van der Waals surface area contributed by atoms with E-state index in [4.69, 9.17) is 16.0 Å². The maximum absolute atomic E-state index is 12.6. The number of alkyl halides is 3. The highest BCUT2D eigenvalue weighted by atomic mass is 35.5. The van der Waals surface area contributed by atoms with Crippen molar-refractivity contribution in [2.75, 3.05) is 0 Å². The molecular formula is C19H16ClF3N2O5S. The Morgan fingerprint density at radius 2 is 1.81 bits per heavy atom. The average Bonchev–Trinajstić information content (AvgIpc) is 3.35. The van der Waals surface area contributed by atoms with Crippen LogP contribution >= 0.6 is 11.6 Å². The number of oxazole rings is 1. The van der Waals surface area contributed by atoms with E-state index < -0.39 is 32.1 Å². The monoisotopic (exact) mass is 476 g/mol. The third-order valence-electron chi connectivity index (χ3n) is 5.15. The molecule has 2 aromatic heterocycles. The van der Waals surface area contributed by atoms with E-state index in [-0.39, 0.29) is 12.0 Å². The molecule has 0 atom stereocenters. The molecule has 1 aliphatic carbocycles. The molecule has 12 heteroatoms. The molecule has 0 radical (unpaired) electrons. The van der Waals surface area contributed by atoms with Crippen LogP contribution in [0.4, 0.5) is 13.2 Å². The van der Waals surface area contributed by atoms with Crippen LogP contribution in [0.15, 0.2) is 44.3 Å². The minimum Gasteiger partial charge on any atom is -0.440 e. The van der Waals surface area contributed by atoms with Gasteiger partial charge in [-0.15, -0.1) is 0 Å². The highest BCUT2D eigenvalue weighted by molar-refractivity contribution is 7.92. The van der Waals surface area contributed by atoms with E-state index in [9.17, 15) is 26.4 Å². The second-order valence-corrected chi connectivity index (χ2v) is 9.56. The van der Waals surface area contributed by atoms with E-state index in [0.717, 1.165) is 6.07 Å². The molecule has 1 saturated carbocycles. The number of halogens is 4. The van der Waals surface area contributed by atoms with Crippen LogP contribution < -0.4 is 5.32 Å². The van der Waals surface area contributed by atoms with Gasteiger partial charge in [0.15, 0.2) is 17.2 Å². The summed E-state index contributed by atoms with van der Waals surface area (Å²) in [5.41, 5.74) is -4.20. The quantitative estimate of drug-likeness (QED) is 0.579. The molecule has 0 aliphatic heterocycles. The summed E-state index contributed by atoms with van der Waals surface area (Å²) in [7, 11) is -5.65. The largest absolute Gasteiger partial charge is 0.504 e. The average molecular weight is 477 g/mol. The molecule has 1 aliphatic rings. The number of fused-ring (bicyclic) bond motifs is 1. The summed E-state index contributed by atoms with van der Waals surface area (Å²) in [6, 6.07) is 6.46. The van der Waals surface area contributed by atoms with Gasteiger partial charge in [0.05, 0.1) is 0 Å². The molecule has 0 unspecified atom stereocenters. The van der Waals surface area contributed by atoms with Gasteiger partial charge in [-0.1, -0.05) is 11.6 Å². The van der Waals surface area contributed by atoms with E-state index >= 15 is 0 Å². The number of aromatic nitrogens is 1. The number of nitrogens with zero attached hydrogens (tertiary/aromatic N) is 1. The molecule has 3 aromatic rings. The van der Waals surface area contributed by atoms with Crippen LogP contribution in [-0.4, -0.2) is 30.9 Å². The van der Waals surface area contributed by atoms with Gasteiger partial charge in [0.25, 0.3) is 5.91 Å². The van der Waals surface area contributed by atoms with Crippen LogP contribution in [0, 0.1) is 0 Å². The molecule has 0 spiro atoms. The molecule has 7 nitrogen and oxygen atoms in total. The van der Waals surface area contributed by atoms with Gasteiger partial charge < -0.3 is 14.2 Å². The summed E-state index contributed by atoms with van der Waals surface area (Å²) >= 11 is 5.96. The Balaban J connectivity index is 1.37. The number of amides is 1. The third kappa shape index (κ3) is 4.29. The molecular weight excluding hydrogens is 461 g/mol. The van der Waals surface area contributed by atoms with Crippen LogP contribution in [0.5, 0.6) is 0 Å². The number of benzene rings is 1. The predicted molar refractivity (Wildman–Crippen MR) is 103 cm³/mol. The Morgan fingerprint density at radius 1 is 1.10 bits per heavy atom. The zero-order valence-corrected chi connectivity index (χ0v) is 17.4. The molecule has 0 saturated heterocycles. The van der Waals surface area contributed by atoms with Crippen LogP contribution in [0.25, 0.3) is 11.1 Å². The van der Waals surface area contributed by atoms with Gasteiger partial charge in [0.1, 0.15) is 5.52 Å². The van der Waals surface area contributed by atoms with Crippen molar-refractivity contribution in [3.63, 3.8) is 0 Å². The van der Waals surface area contributed by atoms with Crippen molar-refractivity contribution in [2.45, 2.75) is 48.2 Å². The first kappa shape index (κ1) is 21.7. The van der Waals surface area contributed by atoms with Gasteiger partial charge in [-0.25, -0.2) is 13.4 Å². The number of rotatable bonds is 4. The molecule has 1 fully saturated rings. The van der Waals surface area contributed by atoms with Gasteiger partial charge in [-0.3, -0.25) is 4.79 Å². The zero-order chi connectivity index (χ0) is 22.4. The Hall–Kier alpha value is -2.53. The number of nitrogens with one attached hydrogen (secondary N) is 1. The fourth-order valence-corrected chi connectivity index (χ4v) is 4.38. The van der Waals surface area contributed by atoms with Crippen molar-refractivity contribution in [3.8, 4) is 0 Å². The number of sulfone groups is 1. The second-order valence-electron chi connectivity index (χ2n) is 7.25. The molecule has 2 heterocycles. The van der Waals surface area contributed by atoms with Gasteiger partial charge in [-0.2, -0.15) is 13.2 Å². The van der Waals surface area contributed by atoms with Gasteiger partial charge in [0.2, 0.25) is 5.09 Å². The number of carbonyl (C=O) groups is 1. The summed E-state index contributed by atoms with van der Waals surface area (Å²) < 4.78 is 71.0. The van der Waals surface area contributed by atoms with Crippen molar-refractivity contribution in [3.05, 3.63) is 47.0 Å². The molecule has 4 rings (SSSR count). The highest BCUT2D eigenvalue weighted by Gasteiger charge is 2.49. The lowest BCUT2D eigenvalue weighted by molar-refractivity contribution is -0.0447. The topological polar surface area (TPSA) is 102 Å². The number of carbonyl (C=O) groups excluding carboxylic acids is 1. The Morgan fingerprint density at radius 3 is 2.48 bits per heavy atom. The third-order valence-corrected chi connectivity index (χ3v) is 6.75. The number of hydrogen-bond donors (Lipinski definition) is 1. The highest BCUT2D eigenvalue weighted by Crippen LogP contribution is 2.35. The fraction of sp³-hybridized carbons (Fsp3) is 0.368. The molecule has 1 aromatic carbocycles. The standard InChI is InChI=1S/C19H16ClF3N2O5S/c20-11-3-6-14-13(9-11)25-18(30-14)10-1-4-12(5-2-10)24-17(26)15-7-8-16(29-15)31(27,28)19(21,22)23/h3,6-10,12H,1-2,4-5H2,(H,24,26). The normalized spacial score (nSPS) is 20.1. The van der Waals surface area contributed by atoms with Gasteiger partial charge >= 0.3 is 15.3 Å². The molecule has 1 N–H and O–H groups in total. The number of hydrogen-bond acceptors (Lipinski definition) is 6. The minimum absolute atomic E-state index is 0.0615. The van der Waals surface area contributed by atoms with E-state index in [2.05, 4.69) is 14.7 Å². The van der Waals surface area contributed by atoms with E-state index in [1.807, 2.05) is 0 Å². The molecule has 31 heavy (non-hydrogen) atoms. The Bertz CT molecular complexity index is 1230. The Kier molecular flexibility index (Phi) is 5.50. The zero-order valence-electron chi connectivity index (χ0n) is 15.8. The van der Waals surface area contributed by atoms with E-state index in [1.54, 1.807) is 18.2 Å². The van der Waals surface area contributed by atoms with Crippen molar-refractivity contribution >= 4 is 38.4 Å². The summed E-state index contributed by atoms with van der Waals surface area (Å²) in [4.78, 5) is 16.8. The van der Waals surface area contributed by atoms with Crippen LogP contribution in [0.3, 0.4) is 0 Å². The number of furan rings is 1. The smallest absolute Gasteiger partial charge is 0.440 e. The Labute approximate surface area is 179 Å². The van der Waals surface area contributed by atoms with Crippen molar-refractivity contribution in [1.82, 2.24) is 10.3 Å². The second kappa shape index (κ2) is 7.86. The lowest BCUT2D eigenvalue weighted by Gasteiger charge is -2.27. The van der Waals surface area contributed by atoms with E-state index in [1.165, 1.54) is 0 Å². The summed E-state index contributed by atoms with van der Waals surface area (Å²) in [5.74, 6) is -0.620. The van der Waals surface area contributed by atoms with Crippen LogP contribution in [-0.2, 0) is 9.84 Å². The van der Waals surface area contributed by atoms with Crippen molar-refractivity contribution in [1.29, 1.82) is 0 Å². The summed E-state index contributed by atoms with van der Waals surface area (Å²) in [6.07, 6.45) is 2.53. The van der Waals surface area contributed by atoms with Gasteiger partial charge in [-0.05, 0) is 56.0 Å². The first-order chi connectivity index (χ1) is 14.5. The van der Waals surface area contributed by atoms with Crippen LogP contribution in [0.1, 0.15) is 48.0 Å². The molecule has 166 valence electrons. The van der Waals surface area contributed by atoms with Crippen LogP contribution in [0.2, 0.25) is 5.02 Å². The summed E-state index contributed by atoms with van der Waals surface area (Å²) in [6.45, 7) is 0. The SMILES string of the molecule is O=C(NC1CCC(c2nc3cc(Cl)ccc3o2)CC1)c1ccc(S(=O)(=O)C(F)(F)F)o1. The predicted octanol–water partition coefficient (Wildman–Crippen LogP) is 4.82. The van der Waals surface area contributed by atoms with Crippen molar-refractivity contribution < 1.29 is 35.2 Å². The lowest BCUT2D eigenvalue weighted by atomic mass is 9.86. The maximum atomic E-state index is 12.6. The van der Waals surface area contributed by atoms with Crippen molar-refractivity contribution in [2.24, 2.45) is 0 Å². The summed E-state index contributed by atoms with van der Waals surface area (Å²) in [5, 5.41) is 1.91. The van der Waals surface area contributed by atoms with Gasteiger partial charge in [0, 0.05) is 17.0 Å². The minimum atomic E-state index is -5.65. The maximum Gasteiger partial charge on any atom is 0.504 e.